The van der Waals surface area contributed by atoms with Crippen LogP contribution in [0, 0.1) is 0 Å². The molecular formula is C54H48N4O4. The molecule has 0 atom stereocenters. The zero-order chi connectivity index (χ0) is 42.9. The van der Waals surface area contributed by atoms with E-state index in [1.165, 1.54) is 11.1 Å². The van der Waals surface area contributed by atoms with E-state index in [4.69, 9.17) is 0 Å². The van der Waals surface area contributed by atoms with Crippen molar-refractivity contribution in [2.75, 3.05) is 23.7 Å². The molecule has 0 aromatic heterocycles. The third kappa shape index (κ3) is 11.5. The molecule has 62 heavy (non-hydrogen) atoms. The summed E-state index contributed by atoms with van der Waals surface area (Å²) in [6, 6.07) is 61.4. The highest BCUT2D eigenvalue weighted by Crippen LogP contribution is 2.23. The number of rotatable bonds is 14. The Labute approximate surface area is 362 Å². The molecule has 0 aliphatic heterocycles. The molecule has 0 unspecified atom stereocenters. The molecule has 4 N–H and O–H groups in total. The number of fused-ring (bicyclic) bond motifs is 2. The molecule has 0 bridgehead atoms. The largest absolute Gasteiger partial charge is 0.352 e. The van der Waals surface area contributed by atoms with Crippen LogP contribution in [-0.4, -0.2) is 36.7 Å². The second-order valence-electron chi connectivity index (χ2n) is 14.8. The van der Waals surface area contributed by atoms with Crippen molar-refractivity contribution in [3.63, 3.8) is 0 Å². The predicted octanol–water partition coefficient (Wildman–Crippen LogP) is 10.9. The summed E-state index contributed by atoms with van der Waals surface area (Å²) in [6.45, 7) is 1.14. The van der Waals surface area contributed by atoms with E-state index in [9.17, 15) is 19.2 Å². The van der Waals surface area contributed by atoms with Gasteiger partial charge in [0.25, 0.3) is 23.6 Å². The molecule has 0 spiro atoms. The van der Waals surface area contributed by atoms with E-state index in [-0.39, 0.29) is 23.6 Å². The first kappa shape index (κ1) is 42.3. The molecule has 0 aliphatic rings. The maximum Gasteiger partial charge on any atom is 0.256 e. The molecule has 8 rings (SSSR count). The number of hydrogen-bond donors (Lipinski definition) is 4. The SMILES string of the molecule is O=C(NCCCc1ccccc1)c1ccccc1NC(=O)c1cccc2ccccc12.O=C(Nc1ccccc1C(=O)NCCCc1ccccc1)c1ccc2ccccc2c1. The fraction of sp³-hybridized carbons (Fsp3) is 0.111. The monoisotopic (exact) mass is 816 g/mol. The van der Waals surface area contributed by atoms with Gasteiger partial charge in [-0.2, -0.15) is 0 Å². The maximum absolute atomic E-state index is 13.0. The van der Waals surface area contributed by atoms with Gasteiger partial charge in [0.05, 0.1) is 22.5 Å². The zero-order valence-corrected chi connectivity index (χ0v) is 34.4. The molecule has 8 heteroatoms. The number of carbonyl (C=O) groups is 4. The lowest BCUT2D eigenvalue weighted by Crippen LogP contribution is -2.26. The van der Waals surface area contributed by atoms with E-state index < -0.39 is 0 Å². The third-order valence-corrected chi connectivity index (χ3v) is 10.4. The van der Waals surface area contributed by atoms with Crippen LogP contribution in [-0.2, 0) is 12.8 Å². The smallest absolute Gasteiger partial charge is 0.256 e. The number of para-hydroxylation sites is 2. The number of benzene rings is 8. The second kappa shape index (κ2) is 21.4. The van der Waals surface area contributed by atoms with Crippen LogP contribution in [0.5, 0.6) is 0 Å². The highest BCUT2D eigenvalue weighted by atomic mass is 16.2. The average Bonchev–Trinajstić information content (AvgIpc) is 3.32. The molecule has 0 radical (unpaired) electrons. The zero-order valence-electron chi connectivity index (χ0n) is 34.4. The Hall–Kier alpha value is -7.84. The lowest BCUT2D eigenvalue weighted by atomic mass is 10.0. The van der Waals surface area contributed by atoms with Crippen molar-refractivity contribution in [2.45, 2.75) is 25.7 Å². The number of nitrogens with one attached hydrogen (secondary N) is 4. The van der Waals surface area contributed by atoms with E-state index in [1.54, 1.807) is 48.5 Å². The molecule has 0 aliphatic carbocycles. The van der Waals surface area contributed by atoms with Crippen molar-refractivity contribution in [3.05, 3.63) is 228 Å². The fourth-order valence-corrected chi connectivity index (χ4v) is 7.19. The minimum atomic E-state index is -0.241. The minimum Gasteiger partial charge on any atom is -0.352 e. The van der Waals surface area contributed by atoms with Crippen molar-refractivity contribution in [1.82, 2.24) is 10.6 Å². The Morgan fingerprint density at radius 2 is 0.806 bits per heavy atom. The first-order valence-electron chi connectivity index (χ1n) is 20.8. The predicted molar refractivity (Wildman–Crippen MR) is 251 cm³/mol. The Bertz CT molecular complexity index is 2780. The average molecular weight is 817 g/mol. The summed E-state index contributed by atoms with van der Waals surface area (Å²) in [7, 11) is 0. The second-order valence-corrected chi connectivity index (χ2v) is 14.8. The quantitative estimate of drug-likeness (QED) is 0.0818. The van der Waals surface area contributed by atoms with Crippen LogP contribution in [0.3, 0.4) is 0 Å². The molecule has 8 aromatic rings. The summed E-state index contributed by atoms with van der Waals surface area (Å²) < 4.78 is 0. The van der Waals surface area contributed by atoms with Gasteiger partial charge < -0.3 is 21.3 Å². The Balaban J connectivity index is 0.000000186. The highest BCUT2D eigenvalue weighted by Gasteiger charge is 2.16. The van der Waals surface area contributed by atoms with Gasteiger partial charge in [-0.1, -0.05) is 152 Å². The van der Waals surface area contributed by atoms with Gasteiger partial charge in [0.15, 0.2) is 0 Å². The molecule has 0 fully saturated rings. The van der Waals surface area contributed by atoms with E-state index in [0.717, 1.165) is 47.2 Å². The molecule has 0 saturated heterocycles. The van der Waals surface area contributed by atoms with Crippen molar-refractivity contribution in [3.8, 4) is 0 Å². The number of hydrogen-bond acceptors (Lipinski definition) is 4. The van der Waals surface area contributed by atoms with E-state index in [0.29, 0.717) is 46.7 Å². The molecular weight excluding hydrogens is 769 g/mol. The molecule has 0 saturated carbocycles. The summed E-state index contributed by atoms with van der Waals surface area (Å²) >= 11 is 0. The fourth-order valence-electron chi connectivity index (χ4n) is 7.19. The van der Waals surface area contributed by atoms with Gasteiger partial charge in [0.1, 0.15) is 0 Å². The number of aryl methyl sites for hydroxylation is 2. The summed E-state index contributed by atoms with van der Waals surface area (Å²) in [5, 5.41) is 15.7. The molecule has 8 aromatic carbocycles. The van der Waals surface area contributed by atoms with Gasteiger partial charge in [-0.25, -0.2) is 0 Å². The van der Waals surface area contributed by atoms with Crippen LogP contribution >= 0.6 is 0 Å². The number of anilines is 2. The van der Waals surface area contributed by atoms with Gasteiger partial charge in [0, 0.05) is 24.2 Å². The van der Waals surface area contributed by atoms with Crippen LogP contribution in [0.15, 0.2) is 194 Å². The highest BCUT2D eigenvalue weighted by molar-refractivity contribution is 6.15. The first-order valence-corrected chi connectivity index (χ1v) is 20.8. The Morgan fingerprint density at radius 3 is 1.40 bits per heavy atom. The van der Waals surface area contributed by atoms with Crippen LogP contribution in [0.25, 0.3) is 21.5 Å². The van der Waals surface area contributed by atoms with Crippen molar-refractivity contribution < 1.29 is 19.2 Å². The summed E-state index contributed by atoms with van der Waals surface area (Å²) in [6.07, 6.45) is 3.50. The lowest BCUT2D eigenvalue weighted by molar-refractivity contribution is 0.0945. The van der Waals surface area contributed by atoms with Crippen LogP contribution in [0.2, 0.25) is 0 Å². The topological polar surface area (TPSA) is 116 Å². The van der Waals surface area contributed by atoms with Gasteiger partial charge in [-0.15, -0.1) is 0 Å². The molecule has 4 amide bonds. The van der Waals surface area contributed by atoms with Crippen LogP contribution in [0.1, 0.15) is 65.4 Å². The summed E-state index contributed by atoms with van der Waals surface area (Å²) in [4.78, 5) is 51.2. The van der Waals surface area contributed by atoms with Gasteiger partial charge in [0.2, 0.25) is 0 Å². The Kier molecular flexibility index (Phi) is 14.6. The van der Waals surface area contributed by atoms with Gasteiger partial charge in [-0.05, 0) is 101 Å². The standard InChI is InChI=1S/2C27H24N2O2/c30-26(28-19-9-12-20-10-2-1-3-11-20)24-16-6-7-18-25(24)29-27(31)23-17-8-14-21-13-4-5-15-22(21)23;30-26(23-17-16-21-12-4-5-13-22(21)19-23)29-25-15-7-6-14-24(25)27(31)28-18-8-11-20-9-2-1-3-10-20/h1-8,10-11,13-18H,9,12,19H2,(H,28,30)(H,29,31);1-7,9-10,12-17,19H,8,11,18H2,(H,28,31)(H,29,30). The van der Waals surface area contributed by atoms with Crippen LogP contribution < -0.4 is 21.3 Å². The molecule has 8 nitrogen and oxygen atoms in total. The minimum absolute atomic E-state index is 0.192. The third-order valence-electron chi connectivity index (χ3n) is 10.4. The van der Waals surface area contributed by atoms with E-state index in [1.807, 2.05) is 121 Å². The first-order chi connectivity index (χ1) is 30.4. The summed E-state index contributed by atoms with van der Waals surface area (Å²) in [5.74, 6) is -0.861. The maximum atomic E-state index is 13.0. The number of carbonyl (C=O) groups excluding carboxylic acids is 4. The molecule has 0 heterocycles. The van der Waals surface area contributed by atoms with Crippen molar-refractivity contribution in [2.24, 2.45) is 0 Å². The lowest BCUT2D eigenvalue weighted by Gasteiger charge is -2.12. The van der Waals surface area contributed by atoms with E-state index in [2.05, 4.69) is 45.5 Å². The van der Waals surface area contributed by atoms with Gasteiger partial charge in [-0.3, -0.25) is 19.2 Å². The van der Waals surface area contributed by atoms with Crippen LogP contribution in [0.4, 0.5) is 11.4 Å². The van der Waals surface area contributed by atoms with Gasteiger partial charge >= 0.3 is 0 Å². The van der Waals surface area contributed by atoms with Crippen molar-refractivity contribution in [1.29, 1.82) is 0 Å². The van der Waals surface area contributed by atoms with Crippen molar-refractivity contribution >= 4 is 56.5 Å². The normalized spacial score (nSPS) is 10.6. The summed E-state index contributed by atoms with van der Waals surface area (Å²) in [5.41, 5.74) is 5.54. The molecule has 308 valence electrons. The Morgan fingerprint density at radius 1 is 0.355 bits per heavy atom. The number of amides is 4. The van der Waals surface area contributed by atoms with E-state index >= 15 is 0 Å².